The van der Waals surface area contributed by atoms with Crippen molar-refractivity contribution in [1.29, 1.82) is 5.26 Å². The summed E-state index contributed by atoms with van der Waals surface area (Å²) in [6.07, 6.45) is 0. The maximum absolute atomic E-state index is 12.3. The summed E-state index contributed by atoms with van der Waals surface area (Å²) in [5.74, 6) is 0.599. The summed E-state index contributed by atoms with van der Waals surface area (Å²) in [4.78, 5) is 6.55. The van der Waals surface area contributed by atoms with Crippen molar-refractivity contribution in [1.82, 2.24) is 4.98 Å². The molecule has 0 unspecified atom stereocenters. The number of nitrogens with zero attached hydrogens (tertiary/aromatic N) is 2. The van der Waals surface area contributed by atoms with Gasteiger partial charge in [0.25, 0.3) is 0 Å². The van der Waals surface area contributed by atoms with Gasteiger partial charge in [-0.25, -0.2) is 0 Å². The molecule has 0 aliphatic carbocycles. The Morgan fingerprint density at radius 3 is 2.69 bits per heavy atom. The Bertz CT molecular complexity index is 1010. The molecular formula is C21H21N3OS. The van der Waals surface area contributed by atoms with Crippen LogP contribution in [0.5, 0.6) is 0 Å². The van der Waals surface area contributed by atoms with Gasteiger partial charge in [0.05, 0.1) is 22.3 Å². The molecule has 3 aromatic rings. The SMILES string of the molecule is CC[S@@](=O)c1ccc(N2CC(C)(C#N)C2)c(-c2cc3ccccc3[nH]2)c1. The molecule has 26 heavy (non-hydrogen) atoms. The maximum Gasteiger partial charge on any atom is 0.0894 e. The summed E-state index contributed by atoms with van der Waals surface area (Å²) in [7, 11) is -0.999. The second-order valence-electron chi connectivity index (χ2n) is 7.11. The van der Waals surface area contributed by atoms with E-state index in [-0.39, 0.29) is 5.41 Å². The molecule has 0 amide bonds. The van der Waals surface area contributed by atoms with E-state index in [9.17, 15) is 9.47 Å². The number of fused-ring (bicyclic) bond motifs is 1. The standard InChI is InChI=1S/C21H21N3OS/c1-3-26(25)16-8-9-20(24-13-21(2,12-22)14-24)17(11-16)19-10-15-6-4-5-7-18(15)23-19/h4-11,23H,3,13-14H2,1-2H3/t26-/m1/s1. The predicted molar refractivity (Wildman–Crippen MR) is 107 cm³/mol. The van der Waals surface area contributed by atoms with E-state index in [4.69, 9.17) is 0 Å². The third-order valence-corrected chi connectivity index (χ3v) is 6.31. The van der Waals surface area contributed by atoms with Crippen LogP contribution in [-0.2, 0) is 10.8 Å². The van der Waals surface area contributed by atoms with Crippen molar-refractivity contribution in [2.75, 3.05) is 23.7 Å². The molecule has 2 aromatic carbocycles. The van der Waals surface area contributed by atoms with Gasteiger partial charge in [-0.2, -0.15) is 5.26 Å². The number of nitriles is 1. The van der Waals surface area contributed by atoms with Gasteiger partial charge in [0.1, 0.15) is 0 Å². The number of hydrogen-bond donors (Lipinski definition) is 1. The zero-order chi connectivity index (χ0) is 18.3. The van der Waals surface area contributed by atoms with Crippen molar-refractivity contribution in [3.8, 4) is 17.3 Å². The van der Waals surface area contributed by atoms with E-state index in [0.717, 1.165) is 32.7 Å². The van der Waals surface area contributed by atoms with Crippen LogP contribution in [-0.4, -0.2) is 28.0 Å². The van der Waals surface area contributed by atoms with Crippen LogP contribution in [0.15, 0.2) is 53.4 Å². The Morgan fingerprint density at radius 2 is 2.00 bits per heavy atom. The number of hydrogen-bond acceptors (Lipinski definition) is 3. The summed E-state index contributed by atoms with van der Waals surface area (Å²) in [6, 6.07) is 18.7. The lowest BCUT2D eigenvalue weighted by Gasteiger charge is -2.45. The molecule has 1 aromatic heterocycles. The van der Waals surface area contributed by atoms with Gasteiger partial charge >= 0.3 is 0 Å². The van der Waals surface area contributed by atoms with E-state index in [2.05, 4.69) is 34.2 Å². The number of rotatable bonds is 4. The van der Waals surface area contributed by atoms with Crippen LogP contribution in [0.2, 0.25) is 0 Å². The molecule has 0 bridgehead atoms. The fourth-order valence-corrected chi connectivity index (χ4v) is 4.37. The summed E-state index contributed by atoms with van der Waals surface area (Å²) in [6.45, 7) is 5.35. The minimum Gasteiger partial charge on any atom is -0.368 e. The lowest BCUT2D eigenvalue weighted by Crippen LogP contribution is -2.54. The highest BCUT2D eigenvalue weighted by atomic mass is 32.2. The zero-order valence-corrected chi connectivity index (χ0v) is 15.8. The maximum atomic E-state index is 12.3. The van der Waals surface area contributed by atoms with Gasteiger partial charge in [0.15, 0.2) is 0 Å². The van der Waals surface area contributed by atoms with E-state index in [1.165, 1.54) is 0 Å². The van der Waals surface area contributed by atoms with Gasteiger partial charge in [0.2, 0.25) is 0 Å². The lowest BCUT2D eigenvalue weighted by atomic mass is 9.83. The molecule has 2 heterocycles. The van der Waals surface area contributed by atoms with Crippen molar-refractivity contribution >= 4 is 27.4 Å². The van der Waals surface area contributed by atoms with Crippen LogP contribution in [0.1, 0.15) is 13.8 Å². The van der Waals surface area contributed by atoms with E-state index < -0.39 is 10.8 Å². The van der Waals surface area contributed by atoms with E-state index >= 15 is 0 Å². The van der Waals surface area contributed by atoms with Crippen LogP contribution >= 0.6 is 0 Å². The van der Waals surface area contributed by atoms with Crippen molar-refractivity contribution in [3.05, 3.63) is 48.5 Å². The zero-order valence-electron chi connectivity index (χ0n) is 15.0. The molecule has 0 radical (unpaired) electrons. The molecule has 1 atom stereocenters. The molecule has 1 aliphatic heterocycles. The third-order valence-electron chi connectivity index (χ3n) is 5.00. The number of aromatic amines is 1. The first-order chi connectivity index (χ1) is 12.5. The van der Waals surface area contributed by atoms with Gasteiger partial charge in [-0.15, -0.1) is 0 Å². The molecule has 0 spiro atoms. The van der Waals surface area contributed by atoms with Crippen molar-refractivity contribution in [2.24, 2.45) is 5.41 Å². The normalized spacial score (nSPS) is 16.9. The van der Waals surface area contributed by atoms with Crippen molar-refractivity contribution in [2.45, 2.75) is 18.7 Å². The van der Waals surface area contributed by atoms with Gasteiger partial charge < -0.3 is 9.88 Å². The largest absolute Gasteiger partial charge is 0.368 e. The highest BCUT2D eigenvalue weighted by Crippen LogP contribution is 2.40. The van der Waals surface area contributed by atoms with Crippen LogP contribution in [0.4, 0.5) is 5.69 Å². The fourth-order valence-electron chi connectivity index (χ4n) is 3.57. The van der Waals surface area contributed by atoms with Gasteiger partial charge in [-0.3, -0.25) is 4.21 Å². The number of nitrogens with one attached hydrogen (secondary N) is 1. The molecular weight excluding hydrogens is 342 g/mol. The highest BCUT2D eigenvalue weighted by molar-refractivity contribution is 7.85. The average Bonchev–Trinajstić information content (AvgIpc) is 3.08. The summed E-state index contributed by atoms with van der Waals surface area (Å²) >= 11 is 0. The van der Waals surface area contributed by atoms with Gasteiger partial charge in [-0.05, 0) is 37.3 Å². The monoisotopic (exact) mass is 363 g/mol. The van der Waals surface area contributed by atoms with Crippen molar-refractivity contribution < 1.29 is 4.21 Å². The molecule has 1 saturated heterocycles. The number of aromatic nitrogens is 1. The topological polar surface area (TPSA) is 59.9 Å². The molecule has 1 N–H and O–H groups in total. The van der Waals surface area contributed by atoms with E-state index in [0.29, 0.717) is 18.8 Å². The van der Waals surface area contributed by atoms with Gasteiger partial charge in [0, 0.05) is 51.6 Å². The van der Waals surface area contributed by atoms with E-state index in [1.807, 2.05) is 44.2 Å². The minimum absolute atomic E-state index is 0.289. The Kier molecular flexibility index (Phi) is 4.08. The molecule has 132 valence electrons. The lowest BCUT2D eigenvalue weighted by molar-refractivity contribution is 0.337. The van der Waals surface area contributed by atoms with Crippen LogP contribution in [0, 0.1) is 16.7 Å². The number of benzene rings is 2. The second-order valence-corrected chi connectivity index (χ2v) is 8.85. The quantitative estimate of drug-likeness (QED) is 0.751. The van der Waals surface area contributed by atoms with Crippen LogP contribution in [0.25, 0.3) is 22.2 Å². The van der Waals surface area contributed by atoms with Gasteiger partial charge in [-0.1, -0.05) is 25.1 Å². The molecule has 1 aliphatic rings. The van der Waals surface area contributed by atoms with E-state index in [1.54, 1.807) is 0 Å². The first kappa shape index (κ1) is 16.9. The third kappa shape index (κ3) is 2.81. The first-order valence-electron chi connectivity index (χ1n) is 8.80. The Labute approximate surface area is 155 Å². The fraction of sp³-hybridized carbons (Fsp3) is 0.286. The summed E-state index contributed by atoms with van der Waals surface area (Å²) in [5.41, 5.74) is 3.94. The number of anilines is 1. The second kappa shape index (κ2) is 6.30. The Hall–Kier alpha value is -2.58. The number of H-pyrrole nitrogens is 1. The van der Waals surface area contributed by atoms with Crippen LogP contribution in [0.3, 0.4) is 0 Å². The minimum atomic E-state index is -0.999. The average molecular weight is 363 g/mol. The Balaban J connectivity index is 1.82. The first-order valence-corrected chi connectivity index (χ1v) is 10.1. The molecule has 1 fully saturated rings. The summed E-state index contributed by atoms with van der Waals surface area (Å²) < 4.78 is 12.3. The van der Waals surface area contributed by atoms with Crippen molar-refractivity contribution in [3.63, 3.8) is 0 Å². The van der Waals surface area contributed by atoms with Crippen LogP contribution < -0.4 is 4.90 Å². The highest BCUT2D eigenvalue weighted by Gasteiger charge is 2.40. The molecule has 4 nitrogen and oxygen atoms in total. The number of para-hydroxylation sites is 1. The molecule has 4 rings (SSSR count). The smallest absolute Gasteiger partial charge is 0.0894 e. The Morgan fingerprint density at radius 1 is 1.23 bits per heavy atom. The molecule has 5 heteroatoms. The molecule has 0 saturated carbocycles. The predicted octanol–water partition coefficient (Wildman–Crippen LogP) is 4.31. The summed E-state index contributed by atoms with van der Waals surface area (Å²) in [5, 5.41) is 10.5.